The maximum atomic E-state index is 6.48. The Kier molecular flexibility index (Phi) is 5.65. The number of hydrogen-bond donors (Lipinski definition) is 0. The molecular weight excluding hydrogens is 609 g/mol. The second-order valence-corrected chi connectivity index (χ2v) is 14.7. The molecule has 3 aliphatic carbocycles. The van der Waals surface area contributed by atoms with E-state index < -0.39 is 0 Å². The summed E-state index contributed by atoms with van der Waals surface area (Å²) in [5.74, 6) is 0.726. The van der Waals surface area contributed by atoms with Crippen LogP contribution in [0.1, 0.15) is 36.5 Å². The fourth-order valence-corrected chi connectivity index (χ4v) is 9.17. The molecule has 6 aromatic carbocycles. The van der Waals surface area contributed by atoms with E-state index in [-0.39, 0.29) is 11.3 Å². The highest BCUT2D eigenvalue weighted by atomic mass is 16.3. The van der Waals surface area contributed by atoms with Gasteiger partial charge in [-0.3, -0.25) is 0 Å². The van der Waals surface area contributed by atoms with Crippen LogP contribution in [0.4, 0.5) is 0 Å². The summed E-state index contributed by atoms with van der Waals surface area (Å²) in [7, 11) is 0. The Morgan fingerprint density at radius 3 is 2.24 bits per heavy atom. The van der Waals surface area contributed by atoms with Crippen LogP contribution < -0.4 is 10.4 Å². The van der Waals surface area contributed by atoms with Crippen molar-refractivity contribution in [2.24, 2.45) is 11.3 Å². The summed E-state index contributed by atoms with van der Waals surface area (Å²) < 4.78 is 13.0. The molecule has 0 amide bonds. The van der Waals surface area contributed by atoms with Crippen LogP contribution in [0.3, 0.4) is 0 Å². The zero-order chi connectivity index (χ0) is 33.1. The van der Waals surface area contributed by atoms with Gasteiger partial charge in [-0.1, -0.05) is 117 Å². The van der Waals surface area contributed by atoms with E-state index in [0.29, 0.717) is 5.92 Å². The lowest BCUT2D eigenvalue weighted by atomic mass is 9.64. The number of furan rings is 2. The van der Waals surface area contributed by atoms with Crippen molar-refractivity contribution in [1.82, 2.24) is 0 Å². The summed E-state index contributed by atoms with van der Waals surface area (Å²) in [4.78, 5) is 0. The van der Waals surface area contributed by atoms with E-state index in [1.54, 1.807) is 0 Å². The van der Waals surface area contributed by atoms with E-state index in [9.17, 15) is 0 Å². The Morgan fingerprint density at radius 1 is 0.640 bits per heavy atom. The molecule has 3 atom stereocenters. The molecule has 238 valence electrons. The number of allylic oxidation sites excluding steroid dienone is 5. The lowest BCUT2D eigenvalue weighted by molar-refractivity contribution is 0.519. The van der Waals surface area contributed by atoms with Crippen LogP contribution in [0.2, 0.25) is 0 Å². The second-order valence-electron chi connectivity index (χ2n) is 14.7. The molecule has 0 saturated heterocycles. The Morgan fingerprint density at radius 2 is 1.38 bits per heavy atom. The van der Waals surface area contributed by atoms with Crippen molar-refractivity contribution in [3.63, 3.8) is 0 Å². The monoisotopic (exact) mass is 642 g/mol. The predicted molar refractivity (Wildman–Crippen MR) is 209 cm³/mol. The molecule has 2 heteroatoms. The van der Waals surface area contributed by atoms with Gasteiger partial charge in [0.1, 0.15) is 22.3 Å². The third-order valence-electron chi connectivity index (χ3n) is 11.7. The van der Waals surface area contributed by atoms with Crippen LogP contribution in [-0.4, -0.2) is 0 Å². The Bertz CT molecular complexity index is 3000. The van der Waals surface area contributed by atoms with E-state index in [2.05, 4.69) is 160 Å². The standard InChI is InChI=1S/C48H34O2/c1-28-14-17-33-32(21-28)24-37(36-12-6-5-11-35(33)36)30-15-18-44-38(22-30)40-26-41-39-23-31(16-19-45(39)50-47(41)27-46(40)49-44)43-25-29-9-3-4-10-34(29)42-13-7-8-20-48(42,43)2/h3-20,22-28,43H,21H2,1-2H3. The van der Waals surface area contributed by atoms with Gasteiger partial charge in [0, 0.05) is 38.9 Å². The summed E-state index contributed by atoms with van der Waals surface area (Å²) in [6.45, 7) is 4.67. The average Bonchev–Trinajstić information content (AvgIpc) is 3.69. The lowest BCUT2D eigenvalue weighted by Gasteiger charge is -2.39. The smallest absolute Gasteiger partial charge is 0.139 e. The largest absolute Gasteiger partial charge is 0.456 e. The third-order valence-corrected chi connectivity index (χ3v) is 11.7. The molecule has 50 heavy (non-hydrogen) atoms. The first kappa shape index (κ1) is 28.0. The van der Waals surface area contributed by atoms with Crippen LogP contribution in [-0.2, 0) is 6.42 Å². The van der Waals surface area contributed by atoms with Gasteiger partial charge >= 0.3 is 0 Å². The van der Waals surface area contributed by atoms with E-state index >= 15 is 0 Å². The van der Waals surface area contributed by atoms with E-state index in [1.165, 1.54) is 54.6 Å². The van der Waals surface area contributed by atoms with E-state index in [4.69, 9.17) is 8.83 Å². The number of rotatable bonds is 2. The van der Waals surface area contributed by atoms with E-state index in [1.807, 2.05) is 0 Å². The van der Waals surface area contributed by atoms with Gasteiger partial charge in [0.15, 0.2) is 0 Å². The van der Waals surface area contributed by atoms with Gasteiger partial charge in [-0.15, -0.1) is 0 Å². The van der Waals surface area contributed by atoms with Crippen molar-refractivity contribution in [2.45, 2.75) is 26.2 Å². The van der Waals surface area contributed by atoms with Gasteiger partial charge in [0.2, 0.25) is 0 Å². The van der Waals surface area contributed by atoms with Crippen LogP contribution in [0.25, 0.3) is 83.5 Å². The molecule has 0 radical (unpaired) electrons. The number of hydrogen-bond acceptors (Lipinski definition) is 2. The molecule has 2 nitrogen and oxygen atoms in total. The van der Waals surface area contributed by atoms with Gasteiger partial charge in [-0.25, -0.2) is 0 Å². The first-order valence-corrected chi connectivity index (χ1v) is 17.8. The summed E-state index contributed by atoms with van der Waals surface area (Å²) in [6, 6.07) is 37.8. The molecular formula is C48H34O2. The lowest BCUT2D eigenvalue weighted by Crippen LogP contribution is -2.40. The molecule has 0 fully saturated rings. The van der Waals surface area contributed by atoms with Crippen LogP contribution in [0.15, 0.2) is 142 Å². The molecule has 3 unspecified atom stereocenters. The fourth-order valence-electron chi connectivity index (χ4n) is 9.17. The Hall–Kier alpha value is -5.86. The van der Waals surface area contributed by atoms with Crippen molar-refractivity contribution in [3.8, 4) is 11.1 Å². The van der Waals surface area contributed by atoms with Gasteiger partial charge in [0.25, 0.3) is 0 Å². The highest BCUT2D eigenvalue weighted by molar-refractivity contribution is 6.16. The molecule has 2 aromatic heterocycles. The molecule has 2 heterocycles. The quantitative estimate of drug-likeness (QED) is 0.188. The highest BCUT2D eigenvalue weighted by Gasteiger charge is 2.37. The SMILES string of the molecule is CC1C=Cc2c(cc(-c3ccc4oc5cc6oc7ccc(C8C=c9ccccc9=C9C=CC=CC98C)cc7c6cc5c4c3)c3ccccc23)C1. The minimum absolute atomic E-state index is 0.143. The normalized spacial score (nSPS) is 20.9. The molecule has 0 bridgehead atoms. The predicted octanol–water partition coefficient (Wildman–Crippen LogP) is 11.4. The Balaban J connectivity index is 1.09. The molecule has 3 aliphatic rings. The van der Waals surface area contributed by atoms with Crippen LogP contribution >= 0.6 is 0 Å². The summed E-state index contributed by atoms with van der Waals surface area (Å²) in [6.07, 6.45) is 17.2. The number of fused-ring (bicyclic) bond motifs is 11. The van der Waals surface area contributed by atoms with Crippen molar-refractivity contribution in [2.75, 3.05) is 0 Å². The van der Waals surface area contributed by atoms with Crippen molar-refractivity contribution in [3.05, 3.63) is 161 Å². The maximum absolute atomic E-state index is 6.48. The highest BCUT2D eigenvalue weighted by Crippen LogP contribution is 2.49. The van der Waals surface area contributed by atoms with Gasteiger partial charge in [-0.05, 0) is 103 Å². The van der Waals surface area contributed by atoms with Crippen LogP contribution in [0, 0.1) is 11.3 Å². The van der Waals surface area contributed by atoms with Crippen LogP contribution in [0.5, 0.6) is 0 Å². The molecule has 11 rings (SSSR count). The molecule has 0 aliphatic heterocycles. The topological polar surface area (TPSA) is 26.3 Å². The first-order valence-electron chi connectivity index (χ1n) is 17.8. The zero-order valence-electron chi connectivity index (χ0n) is 28.0. The third kappa shape index (κ3) is 3.91. The summed E-state index contributed by atoms with van der Waals surface area (Å²) in [5, 5.41) is 9.72. The molecule has 0 saturated carbocycles. The molecule has 0 spiro atoms. The zero-order valence-corrected chi connectivity index (χ0v) is 28.0. The maximum Gasteiger partial charge on any atom is 0.139 e. The minimum Gasteiger partial charge on any atom is -0.456 e. The molecule has 0 N–H and O–H groups in total. The first-order chi connectivity index (χ1) is 24.5. The minimum atomic E-state index is -0.143. The second kappa shape index (κ2) is 10.1. The van der Waals surface area contributed by atoms with E-state index in [0.717, 1.165) is 50.3 Å². The van der Waals surface area contributed by atoms with Gasteiger partial charge in [0.05, 0.1) is 0 Å². The number of benzene rings is 6. The van der Waals surface area contributed by atoms with Gasteiger partial charge < -0.3 is 8.83 Å². The summed E-state index contributed by atoms with van der Waals surface area (Å²) >= 11 is 0. The Labute approximate surface area is 289 Å². The molecule has 8 aromatic rings. The summed E-state index contributed by atoms with van der Waals surface area (Å²) in [5.41, 5.74) is 11.3. The van der Waals surface area contributed by atoms with Crippen molar-refractivity contribution < 1.29 is 8.83 Å². The van der Waals surface area contributed by atoms with Crippen molar-refractivity contribution in [1.29, 1.82) is 0 Å². The van der Waals surface area contributed by atoms with Gasteiger partial charge in [-0.2, -0.15) is 0 Å². The fraction of sp³-hybridized carbons (Fsp3) is 0.125. The average molecular weight is 643 g/mol. The van der Waals surface area contributed by atoms with Crippen molar-refractivity contribution >= 4 is 72.4 Å².